The van der Waals surface area contributed by atoms with Crippen molar-refractivity contribution in [1.29, 1.82) is 0 Å². The summed E-state index contributed by atoms with van der Waals surface area (Å²) in [4.78, 5) is 13.3. The molecule has 0 bridgehead atoms. The molecule has 0 unspecified atom stereocenters. The van der Waals surface area contributed by atoms with Gasteiger partial charge in [-0.15, -0.1) is 0 Å². The topological polar surface area (TPSA) is 104 Å². The molecule has 1 atom stereocenters. The minimum atomic E-state index is -3.28. The molecule has 3 aromatic rings. The van der Waals surface area contributed by atoms with Crippen LogP contribution in [0.25, 0.3) is 22.3 Å². The van der Waals surface area contributed by atoms with Crippen molar-refractivity contribution in [2.24, 2.45) is 0 Å². The van der Waals surface area contributed by atoms with Crippen LogP contribution in [0.1, 0.15) is 0 Å². The van der Waals surface area contributed by atoms with E-state index in [0.29, 0.717) is 35.8 Å². The highest BCUT2D eigenvalue weighted by molar-refractivity contribution is 7.88. The molecular weight excluding hydrogens is 440 g/mol. The number of ether oxygens (including phenoxy) is 3. The zero-order valence-corrected chi connectivity index (χ0v) is 19.0. The van der Waals surface area contributed by atoms with E-state index in [4.69, 9.17) is 14.2 Å². The van der Waals surface area contributed by atoms with E-state index in [1.807, 2.05) is 30.3 Å². The van der Waals surface area contributed by atoms with Crippen LogP contribution < -0.4 is 9.47 Å². The van der Waals surface area contributed by atoms with Crippen LogP contribution >= 0.6 is 13.5 Å². The molecule has 9 nitrogen and oxygen atoms in total. The number of methoxy groups -OCH3 is 1. The van der Waals surface area contributed by atoms with Crippen molar-refractivity contribution in [3.8, 4) is 22.9 Å². The zero-order chi connectivity index (χ0) is 21.1. The second kappa shape index (κ2) is 9.77. The van der Waals surface area contributed by atoms with Gasteiger partial charge in [-0.25, -0.2) is 18.4 Å². The second-order valence-corrected chi connectivity index (χ2v) is 8.87. The van der Waals surface area contributed by atoms with Gasteiger partial charge in [0.25, 0.3) is 0 Å². The summed E-state index contributed by atoms with van der Waals surface area (Å²) >= 11 is 0. The van der Waals surface area contributed by atoms with E-state index < -0.39 is 16.1 Å². The Morgan fingerprint density at radius 2 is 1.94 bits per heavy atom. The lowest BCUT2D eigenvalue weighted by Gasteiger charge is -2.30. The summed E-state index contributed by atoms with van der Waals surface area (Å²) in [6.07, 6.45) is 3.98. The molecule has 31 heavy (non-hydrogen) atoms. The number of rotatable bonds is 6. The van der Waals surface area contributed by atoms with Gasteiger partial charge in [0, 0.05) is 31.0 Å². The molecule has 1 aromatic carbocycles. The molecular formula is C20H24N4O5S2. The lowest BCUT2D eigenvalue weighted by atomic mass is 10.1. The monoisotopic (exact) mass is 464 g/mol. The van der Waals surface area contributed by atoms with Crippen LogP contribution in [0.4, 0.5) is 0 Å². The van der Waals surface area contributed by atoms with Crippen LogP contribution in [0.3, 0.4) is 0 Å². The summed E-state index contributed by atoms with van der Waals surface area (Å²) in [7, 11) is -1.66. The Kier molecular flexibility index (Phi) is 7.31. The number of morpholine rings is 1. The standard InChI is InChI=1S/C20H22N4O5S.H2S/c1-27-15-5-3-14(4-6-15)17-11-18-19(22-8-7-21-18)20(23-17)29-13-16-12-24(9-10-28-16)30(2,25)26;/h3-8,11,16H,9-10,12-13H2,1-2H3;1H2/t16-;/m0./s1. The van der Waals surface area contributed by atoms with Crippen molar-refractivity contribution < 1.29 is 22.6 Å². The Labute approximate surface area is 187 Å². The largest absolute Gasteiger partial charge is 0.497 e. The SMILES string of the molecule is COc1ccc(-c2cc3nccnc3c(OC[C@@H]3CN(S(C)(=O)=O)CCO3)n2)cc1.S. The Hall–Kier alpha value is -2.47. The zero-order valence-electron chi connectivity index (χ0n) is 17.2. The maximum absolute atomic E-state index is 11.8. The van der Waals surface area contributed by atoms with Gasteiger partial charge in [-0.1, -0.05) is 0 Å². The summed E-state index contributed by atoms with van der Waals surface area (Å²) < 4.78 is 41.8. The fourth-order valence-corrected chi connectivity index (χ4v) is 4.06. The van der Waals surface area contributed by atoms with E-state index in [1.165, 1.54) is 10.6 Å². The van der Waals surface area contributed by atoms with E-state index in [1.54, 1.807) is 19.5 Å². The third kappa shape index (κ3) is 5.42. The Bertz CT molecular complexity index is 1140. The fraction of sp³-hybridized carbons (Fsp3) is 0.350. The van der Waals surface area contributed by atoms with Gasteiger partial charge in [0.15, 0.2) is 5.52 Å². The van der Waals surface area contributed by atoms with Crippen LogP contribution in [0.2, 0.25) is 0 Å². The maximum atomic E-state index is 11.8. The maximum Gasteiger partial charge on any atom is 0.242 e. The van der Waals surface area contributed by atoms with Crippen LogP contribution in [0.15, 0.2) is 42.7 Å². The van der Waals surface area contributed by atoms with Gasteiger partial charge in [0.2, 0.25) is 15.9 Å². The molecule has 1 aliphatic heterocycles. The van der Waals surface area contributed by atoms with Crippen molar-refractivity contribution >= 4 is 34.6 Å². The number of hydrogen-bond acceptors (Lipinski definition) is 8. The highest BCUT2D eigenvalue weighted by atomic mass is 32.2. The summed E-state index contributed by atoms with van der Waals surface area (Å²) in [6, 6.07) is 9.37. The first-order valence-corrected chi connectivity index (χ1v) is 11.2. The van der Waals surface area contributed by atoms with Gasteiger partial charge in [0.05, 0.1) is 31.2 Å². The van der Waals surface area contributed by atoms with Crippen molar-refractivity contribution in [3.63, 3.8) is 0 Å². The predicted molar refractivity (Wildman–Crippen MR) is 121 cm³/mol. The minimum absolute atomic E-state index is 0. The molecule has 11 heteroatoms. The average Bonchev–Trinajstić information content (AvgIpc) is 2.77. The first-order chi connectivity index (χ1) is 14.4. The molecule has 1 aliphatic rings. The molecule has 0 amide bonds. The third-order valence-corrected chi connectivity index (χ3v) is 6.06. The van der Waals surface area contributed by atoms with Gasteiger partial charge in [0.1, 0.15) is 18.5 Å². The minimum Gasteiger partial charge on any atom is -0.497 e. The molecule has 0 aliphatic carbocycles. The molecule has 3 heterocycles. The van der Waals surface area contributed by atoms with E-state index >= 15 is 0 Å². The van der Waals surface area contributed by atoms with Crippen LogP contribution in [0, 0.1) is 0 Å². The van der Waals surface area contributed by atoms with Crippen LogP contribution in [-0.4, -0.2) is 73.4 Å². The van der Waals surface area contributed by atoms with Gasteiger partial charge in [-0.2, -0.15) is 17.8 Å². The first kappa shape index (κ1) is 23.2. The van der Waals surface area contributed by atoms with Gasteiger partial charge in [-0.05, 0) is 30.3 Å². The van der Waals surface area contributed by atoms with E-state index in [-0.39, 0.29) is 26.6 Å². The first-order valence-electron chi connectivity index (χ1n) is 9.40. The van der Waals surface area contributed by atoms with Crippen molar-refractivity contribution in [2.75, 3.05) is 39.7 Å². The number of benzene rings is 1. The van der Waals surface area contributed by atoms with Gasteiger partial charge >= 0.3 is 0 Å². The fourth-order valence-electron chi connectivity index (χ4n) is 3.22. The Balaban J connectivity index is 0.00000272. The highest BCUT2D eigenvalue weighted by Gasteiger charge is 2.27. The Morgan fingerprint density at radius 1 is 1.19 bits per heavy atom. The summed E-state index contributed by atoms with van der Waals surface area (Å²) in [5, 5.41) is 0. The third-order valence-electron chi connectivity index (χ3n) is 4.79. The van der Waals surface area contributed by atoms with Crippen LogP contribution in [-0.2, 0) is 14.8 Å². The molecule has 0 saturated carbocycles. The van der Waals surface area contributed by atoms with E-state index in [0.717, 1.165) is 11.3 Å². The molecule has 0 spiro atoms. The number of aromatic nitrogens is 3. The number of pyridine rings is 1. The number of fused-ring (bicyclic) bond motifs is 1. The number of sulfonamides is 1. The highest BCUT2D eigenvalue weighted by Crippen LogP contribution is 2.28. The van der Waals surface area contributed by atoms with Crippen molar-refractivity contribution in [2.45, 2.75) is 6.10 Å². The number of nitrogens with zero attached hydrogens (tertiary/aromatic N) is 4. The molecule has 0 N–H and O–H groups in total. The molecule has 1 saturated heterocycles. The summed E-state index contributed by atoms with van der Waals surface area (Å²) in [5.41, 5.74) is 2.74. The molecule has 1 fully saturated rings. The van der Waals surface area contributed by atoms with Gasteiger partial charge in [-0.3, -0.25) is 4.98 Å². The molecule has 2 aromatic heterocycles. The van der Waals surface area contributed by atoms with E-state index in [2.05, 4.69) is 15.0 Å². The van der Waals surface area contributed by atoms with Crippen molar-refractivity contribution in [3.05, 3.63) is 42.7 Å². The van der Waals surface area contributed by atoms with Gasteiger partial charge < -0.3 is 14.2 Å². The molecule has 166 valence electrons. The lowest BCUT2D eigenvalue weighted by Crippen LogP contribution is -2.47. The lowest BCUT2D eigenvalue weighted by molar-refractivity contribution is -0.0252. The quantitative estimate of drug-likeness (QED) is 0.545. The average molecular weight is 465 g/mol. The van der Waals surface area contributed by atoms with Crippen molar-refractivity contribution in [1.82, 2.24) is 19.3 Å². The summed E-state index contributed by atoms with van der Waals surface area (Å²) in [5.74, 6) is 1.08. The predicted octanol–water partition coefficient (Wildman–Crippen LogP) is 1.85. The normalized spacial score (nSPS) is 17.2. The Morgan fingerprint density at radius 3 is 2.65 bits per heavy atom. The molecule has 4 rings (SSSR count). The second-order valence-electron chi connectivity index (χ2n) is 6.89. The number of hydrogen-bond donors (Lipinski definition) is 0. The summed E-state index contributed by atoms with van der Waals surface area (Å²) in [6.45, 7) is 1.05. The molecule has 0 radical (unpaired) electrons. The van der Waals surface area contributed by atoms with Crippen LogP contribution in [0.5, 0.6) is 11.6 Å². The van der Waals surface area contributed by atoms with E-state index in [9.17, 15) is 8.42 Å². The smallest absolute Gasteiger partial charge is 0.242 e.